The lowest BCUT2D eigenvalue weighted by Gasteiger charge is -2.26. The molecule has 0 bridgehead atoms. The molecule has 0 radical (unpaired) electrons. The zero-order valence-corrected chi connectivity index (χ0v) is 18.7. The van der Waals surface area contributed by atoms with E-state index in [0.29, 0.717) is 6.04 Å². The normalized spacial score (nSPS) is 22.8. The maximum absolute atomic E-state index is 12.9. The lowest BCUT2D eigenvalue weighted by atomic mass is 10.0. The van der Waals surface area contributed by atoms with Crippen LogP contribution in [0.1, 0.15) is 42.3 Å². The van der Waals surface area contributed by atoms with E-state index in [1.165, 1.54) is 18.4 Å². The minimum Gasteiger partial charge on any atom is -0.379 e. The fraction of sp³-hybridized carbons (Fsp3) is 0.423. The Hall–Kier alpha value is -3.03. The standard InChI is InChI=1S/C26H29N5O2/c32-26(29-20-3-1-18(2-4-20)16-30-9-11-33-12-10-30)24-13-23(24)25-15-27-8-7-22(25)19-14-28-31(17-19)21-5-6-21/h1-4,7-8,14-15,17,21,23-24H,5-6,9-13,16H2,(H,29,32). The van der Waals surface area contributed by atoms with E-state index in [1.807, 2.05) is 36.8 Å². The summed E-state index contributed by atoms with van der Waals surface area (Å²) in [5.74, 6) is 0.280. The minimum atomic E-state index is -0.0144. The highest BCUT2D eigenvalue weighted by Gasteiger charge is 2.45. The second kappa shape index (κ2) is 8.72. The third-order valence-electron chi connectivity index (χ3n) is 6.94. The van der Waals surface area contributed by atoms with Crippen LogP contribution in [0.25, 0.3) is 11.1 Å². The molecule has 33 heavy (non-hydrogen) atoms. The molecule has 6 rings (SSSR count). The van der Waals surface area contributed by atoms with Gasteiger partial charge in [0.2, 0.25) is 5.91 Å². The van der Waals surface area contributed by atoms with Crippen molar-refractivity contribution in [2.75, 3.05) is 31.6 Å². The van der Waals surface area contributed by atoms with Crippen LogP contribution in [-0.2, 0) is 16.1 Å². The molecule has 1 aliphatic heterocycles. The highest BCUT2D eigenvalue weighted by atomic mass is 16.5. The fourth-order valence-electron chi connectivity index (χ4n) is 4.76. The average molecular weight is 444 g/mol. The summed E-state index contributed by atoms with van der Waals surface area (Å²) in [5.41, 5.74) is 5.51. The maximum Gasteiger partial charge on any atom is 0.228 e. The summed E-state index contributed by atoms with van der Waals surface area (Å²) in [5, 5.41) is 7.65. The van der Waals surface area contributed by atoms with Gasteiger partial charge in [0.05, 0.1) is 25.5 Å². The van der Waals surface area contributed by atoms with Gasteiger partial charge >= 0.3 is 0 Å². The average Bonchev–Trinajstić information content (AvgIpc) is 3.79. The summed E-state index contributed by atoms with van der Waals surface area (Å²) in [6.07, 6.45) is 11.1. The van der Waals surface area contributed by atoms with Crippen molar-refractivity contribution < 1.29 is 9.53 Å². The number of benzene rings is 1. The van der Waals surface area contributed by atoms with Crippen LogP contribution in [0.15, 0.2) is 55.1 Å². The van der Waals surface area contributed by atoms with Crippen molar-refractivity contribution in [3.05, 3.63) is 66.2 Å². The van der Waals surface area contributed by atoms with Crippen LogP contribution in [0.3, 0.4) is 0 Å². The Kier molecular flexibility index (Phi) is 5.44. The first-order valence-corrected chi connectivity index (χ1v) is 11.9. The summed E-state index contributed by atoms with van der Waals surface area (Å²) in [7, 11) is 0. The molecule has 2 aromatic heterocycles. The molecule has 1 aromatic carbocycles. The van der Waals surface area contributed by atoms with Crippen molar-refractivity contribution >= 4 is 11.6 Å². The van der Waals surface area contributed by atoms with Gasteiger partial charge in [-0.05, 0) is 60.1 Å². The molecule has 1 amide bonds. The van der Waals surface area contributed by atoms with Crippen LogP contribution >= 0.6 is 0 Å². The van der Waals surface area contributed by atoms with Crippen LogP contribution in [0.4, 0.5) is 5.69 Å². The number of nitrogens with zero attached hydrogens (tertiary/aromatic N) is 4. The smallest absolute Gasteiger partial charge is 0.228 e. The van der Waals surface area contributed by atoms with Crippen molar-refractivity contribution in [3.8, 4) is 11.1 Å². The molecular weight excluding hydrogens is 414 g/mol. The maximum atomic E-state index is 12.9. The van der Waals surface area contributed by atoms with Crippen molar-refractivity contribution in [1.82, 2.24) is 19.7 Å². The van der Waals surface area contributed by atoms with Crippen LogP contribution in [0.5, 0.6) is 0 Å². The Bertz CT molecular complexity index is 1130. The van der Waals surface area contributed by atoms with E-state index in [-0.39, 0.29) is 17.7 Å². The number of amides is 1. The molecule has 7 nitrogen and oxygen atoms in total. The van der Waals surface area contributed by atoms with Gasteiger partial charge in [0.1, 0.15) is 0 Å². The first kappa shape index (κ1) is 20.6. The van der Waals surface area contributed by atoms with Crippen LogP contribution in [0, 0.1) is 5.92 Å². The molecule has 2 saturated carbocycles. The number of carbonyl (C=O) groups excluding carboxylic acids is 1. The molecule has 3 aromatic rings. The predicted octanol–water partition coefficient (Wildman–Crippen LogP) is 3.85. The number of ether oxygens (including phenoxy) is 1. The van der Waals surface area contributed by atoms with Gasteiger partial charge in [0, 0.05) is 55.4 Å². The molecule has 170 valence electrons. The Morgan fingerprint density at radius 1 is 1.09 bits per heavy atom. The Balaban J connectivity index is 1.09. The SMILES string of the molecule is O=C(Nc1ccc(CN2CCOCC2)cc1)C1CC1c1cnccc1-c1cnn(C2CC2)c1. The van der Waals surface area contributed by atoms with E-state index < -0.39 is 0 Å². The number of anilines is 1. The summed E-state index contributed by atoms with van der Waals surface area (Å²) in [6.45, 7) is 4.47. The van der Waals surface area contributed by atoms with Gasteiger partial charge in [-0.3, -0.25) is 19.4 Å². The molecular formula is C26H29N5O2. The molecule has 2 atom stereocenters. The quantitative estimate of drug-likeness (QED) is 0.601. The number of morpholine rings is 1. The lowest BCUT2D eigenvalue weighted by molar-refractivity contribution is -0.117. The summed E-state index contributed by atoms with van der Waals surface area (Å²) >= 11 is 0. The zero-order chi connectivity index (χ0) is 22.2. The van der Waals surface area contributed by atoms with Gasteiger partial charge in [0.15, 0.2) is 0 Å². The molecule has 1 saturated heterocycles. The van der Waals surface area contributed by atoms with Crippen molar-refractivity contribution in [2.45, 2.75) is 37.8 Å². The highest BCUT2D eigenvalue weighted by Crippen LogP contribution is 2.50. The van der Waals surface area contributed by atoms with E-state index in [9.17, 15) is 4.79 Å². The van der Waals surface area contributed by atoms with Crippen LogP contribution in [0.2, 0.25) is 0 Å². The van der Waals surface area contributed by atoms with E-state index in [4.69, 9.17) is 4.74 Å². The van der Waals surface area contributed by atoms with E-state index in [2.05, 4.69) is 43.3 Å². The third-order valence-corrected chi connectivity index (χ3v) is 6.94. The Morgan fingerprint density at radius 2 is 1.91 bits per heavy atom. The predicted molar refractivity (Wildman–Crippen MR) is 126 cm³/mol. The molecule has 2 unspecified atom stereocenters. The van der Waals surface area contributed by atoms with Gasteiger partial charge in [-0.1, -0.05) is 12.1 Å². The monoisotopic (exact) mass is 443 g/mol. The molecule has 3 aliphatic rings. The Labute approximate surface area is 193 Å². The number of hydrogen-bond donors (Lipinski definition) is 1. The second-order valence-corrected chi connectivity index (χ2v) is 9.43. The van der Waals surface area contributed by atoms with E-state index in [1.54, 1.807) is 0 Å². The first-order chi connectivity index (χ1) is 16.2. The molecule has 3 fully saturated rings. The molecule has 0 spiro atoms. The number of carbonyl (C=O) groups is 1. The van der Waals surface area contributed by atoms with E-state index >= 15 is 0 Å². The van der Waals surface area contributed by atoms with Crippen LogP contribution < -0.4 is 5.32 Å². The first-order valence-electron chi connectivity index (χ1n) is 11.9. The number of pyridine rings is 1. The minimum absolute atomic E-state index is 0.0144. The topological polar surface area (TPSA) is 72.3 Å². The van der Waals surface area contributed by atoms with E-state index in [0.717, 1.165) is 61.6 Å². The van der Waals surface area contributed by atoms with Gasteiger partial charge in [-0.15, -0.1) is 0 Å². The largest absolute Gasteiger partial charge is 0.379 e. The van der Waals surface area contributed by atoms with Crippen molar-refractivity contribution in [2.24, 2.45) is 5.92 Å². The third kappa shape index (κ3) is 4.56. The molecule has 7 heteroatoms. The fourth-order valence-corrected chi connectivity index (χ4v) is 4.76. The van der Waals surface area contributed by atoms with Crippen molar-refractivity contribution in [3.63, 3.8) is 0 Å². The zero-order valence-electron chi connectivity index (χ0n) is 18.7. The molecule has 1 N–H and O–H groups in total. The van der Waals surface area contributed by atoms with Gasteiger partial charge in [-0.2, -0.15) is 5.10 Å². The molecule has 3 heterocycles. The summed E-state index contributed by atoms with van der Waals surface area (Å²) in [6, 6.07) is 10.8. The molecule has 2 aliphatic carbocycles. The van der Waals surface area contributed by atoms with Gasteiger partial charge in [-0.25, -0.2) is 0 Å². The van der Waals surface area contributed by atoms with Gasteiger partial charge < -0.3 is 10.1 Å². The summed E-state index contributed by atoms with van der Waals surface area (Å²) in [4.78, 5) is 19.7. The highest BCUT2D eigenvalue weighted by molar-refractivity contribution is 5.95. The van der Waals surface area contributed by atoms with Crippen molar-refractivity contribution in [1.29, 1.82) is 0 Å². The number of aromatic nitrogens is 3. The Morgan fingerprint density at radius 3 is 2.70 bits per heavy atom. The van der Waals surface area contributed by atoms with Gasteiger partial charge in [0.25, 0.3) is 0 Å². The summed E-state index contributed by atoms with van der Waals surface area (Å²) < 4.78 is 7.49. The number of rotatable bonds is 7. The lowest BCUT2D eigenvalue weighted by Crippen LogP contribution is -2.35. The second-order valence-electron chi connectivity index (χ2n) is 9.43. The van der Waals surface area contributed by atoms with Crippen LogP contribution in [-0.4, -0.2) is 51.9 Å². The number of nitrogens with one attached hydrogen (secondary N) is 1. The number of hydrogen-bond acceptors (Lipinski definition) is 5.